The van der Waals surface area contributed by atoms with Crippen molar-refractivity contribution in [2.75, 3.05) is 32.9 Å². The van der Waals surface area contributed by atoms with E-state index in [0.717, 1.165) is 58.1 Å². The first kappa shape index (κ1) is 22.2. The summed E-state index contributed by atoms with van der Waals surface area (Å²) in [6.45, 7) is 9.05. The van der Waals surface area contributed by atoms with Gasteiger partial charge in [0.25, 0.3) is 0 Å². The summed E-state index contributed by atoms with van der Waals surface area (Å²) >= 11 is 0. The molecule has 142 valence electrons. The maximum Gasteiger partial charge on any atom is 0.191 e. The second kappa shape index (κ2) is 13.4. The van der Waals surface area contributed by atoms with Crippen molar-refractivity contribution in [3.63, 3.8) is 0 Å². The number of hydrogen-bond donors (Lipinski definition) is 2. The van der Waals surface area contributed by atoms with Gasteiger partial charge in [0, 0.05) is 32.9 Å². The Morgan fingerprint density at radius 3 is 2.80 bits per heavy atom. The van der Waals surface area contributed by atoms with Gasteiger partial charge in [-0.1, -0.05) is 29.8 Å². The normalized spacial score (nSPS) is 15.5. The highest BCUT2D eigenvalue weighted by Gasteiger charge is 2.13. The van der Waals surface area contributed by atoms with Gasteiger partial charge in [-0.3, -0.25) is 0 Å². The molecule has 2 rings (SSSR count). The molecular weight excluding hydrogens is 429 g/mol. The van der Waals surface area contributed by atoms with E-state index in [9.17, 15) is 0 Å². The van der Waals surface area contributed by atoms with E-state index in [2.05, 4.69) is 53.7 Å². The predicted octanol–water partition coefficient (Wildman–Crippen LogP) is 3.25. The van der Waals surface area contributed by atoms with E-state index >= 15 is 0 Å². The van der Waals surface area contributed by atoms with Gasteiger partial charge in [0.15, 0.2) is 5.96 Å². The molecule has 0 amide bonds. The van der Waals surface area contributed by atoms with E-state index in [1.165, 1.54) is 11.1 Å². The van der Waals surface area contributed by atoms with Crippen LogP contribution in [0.3, 0.4) is 0 Å². The lowest BCUT2D eigenvalue weighted by atomic mass is 10.1. The third-order valence-electron chi connectivity index (χ3n) is 3.98. The fourth-order valence-corrected chi connectivity index (χ4v) is 2.69. The fourth-order valence-electron chi connectivity index (χ4n) is 2.69. The van der Waals surface area contributed by atoms with Crippen LogP contribution < -0.4 is 10.6 Å². The quantitative estimate of drug-likeness (QED) is 0.270. The number of nitrogens with one attached hydrogen (secondary N) is 2. The number of rotatable bonds is 8. The first-order chi connectivity index (χ1) is 11.8. The van der Waals surface area contributed by atoms with E-state index < -0.39 is 0 Å². The fraction of sp³-hybridized carbons (Fsp3) is 0.632. The second-order valence-corrected chi connectivity index (χ2v) is 6.15. The van der Waals surface area contributed by atoms with Crippen LogP contribution in [0.25, 0.3) is 0 Å². The zero-order valence-corrected chi connectivity index (χ0v) is 17.8. The second-order valence-electron chi connectivity index (χ2n) is 6.15. The molecule has 0 unspecified atom stereocenters. The minimum absolute atomic E-state index is 0. The van der Waals surface area contributed by atoms with Crippen molar-refractivity contribution < 1.29 is 9.47 Å². The molecule has 2 N–H and O–H groups in total. The summed E-state index contributed by atoms with van der Waals surface area (Å²) in [4.78, 5) is 4.65. The van der Waals surface area contributed by atoms with Crippen LogP contribution in [0.5, 0.6) is 0 Å². The van der Waals surface area contributed by atoms with Gasteiger partial charge in [0.2, 0.25) is 0 Å². The molecule has 6 heteroatoms. The monoisotopic (exact) mass is 461 g/mol. The molecule has 0 bridgehead atoms. The van der Waals surface area contributed by atoms with E-state index in [1.807, 2.05) is 0 Å². The molecule has 0 radical (unpaired) electrons. The summed E-state index contributed by atoms with van der Waals surface area (Å²) in [5.74, 6) is 0.866. The minimum Gasteiger partial charge on any atom is -0.381 e. The molecule has 25 heavy (non-hydrogen) atoms. The first-order valence-corrected chi connectivity index (χ1v) is 9.05. The molecule has 0 aliphatic carbocycles. The zero-order chi connectivity index (χ0) is 17.0. The van der Waals surface area contributed by atoms with Gasteiger partial charge < -0.3 is 20.1 Å². The van der Waals surface area contributed by atoms with Crippen LogP contribution >= 0.6 is 24.0 Å². The Hall–Kier alpha value is -0.860. The molecule has 0 aromatic heterocycles. The Morgan fingerprint density at radius 1 is 1.28 bits per heavy atom. The molecule has 0 saturated carbocycles. The SMILES string of the molecule is CCNC(=NCc1cccc(C)c1)NCCCOC1CCOCC1.I. The molecule has 1 aliphatic rings. The van der Waals surface area contributed by atoms with Crippen LogP contribution in [-0.4, -0.2) is 45.0 Å². The van der Waals surface area contributed by atoms with Gasteiger partial charge in [0.05, 0.1) is 12.6 Å². The lowest BCUT2D eigenvalue weighted by Gasteiger charge is -2.22. The Balaban J connectivity index is 0.00000312. The van der Waals surface area contributed by atoms with Gasteiger partial charge in [-0.15, -0.1) is 24.0 Å². The predicted molar refractivity (Wildman–Crippen MR) is 114 cm³/mol. The average molecular weight is 461 g/mol. The number of guanidine groups is 1. The summed E-state index contributed by atoms with van der Waals surface area (Å²) < 4.78 is 11.2. The summed E-state index contributed by atoms with van der Waals surface area (Å²) in [6, 6.07) is 8.47. The van der Waals surface area contributed by atoms with Crippen molar-refractivity contribution in [1.82, 2.24) is 10.6 Å². The van der Waals surface area contributed by atoms with Crippen molar-refractivity contribution >= 4 is 29.9 Å². The number of ether oxygens (including phenoxy) is 2. The molecule has 1 heterocycles. The van der Waals surface area contributed by atoms with Crippen molar-refractivity contribution in [3.8, 4) is 0 Å². The average Bonchev–Trinajstić information content (AvgIpc) is 2.60. The third-order valence-corrected chi connectivity index (χ3v) is 3.98. The molecule has 1 aromatic rings. The number of nitrogens with zero attached hydrogens (tertiary/aromatic N) is 1. The van der Waals surface area contributed by atoms with Crippen LogP contribution in [0, 0.1) is 6.92 Å². The Kier molecular flexibility index (Phi) is 11.9. The number of aliphatic imine (C=N–C) groups is 1. The topological polar surface area (TPSA) is 54.9 Å². The van der Waals surface area contributed by atoms with E-state index in [0.29, 0.717) is 12.6 Å². The van der Waals surface area contributed by atoms with Crippen LogP contribution in [0.4, 0.5) is 0 Å². The Bertz CT molecular complexity index is 505. The number of aryl methyl sites for hydroxylation is 1. The maximum atomic E-state index is 5.89. The molecule has 0 atom stereocenters. The Morgan fingerprint density at radius 2 is 2.08 bits per heavy atom. The maximum absolute atomic E-state index is 5.89. The summed E-state index contributed by atoms with van der Waals surface area (Å²) in [5, 5.41) is 6.67. The molecule has 5 nitrogen and oxygen atoms in total. The molecule has 1 aliphatic heterocycles. The third kappa shape index (κ3) is 9.42. The van der Waals surface area contributed by atoms with Gasteiger partial charge in [-0.2, -0.15) is 0 Å². The van der Waals surface area contributed by atoms with Crippen LogP contribution in [-0.2, 0) is 16.0 Å². The lowest BCUT2D eigenvalue weighted by Crippen LogP contribution is -2.38. The highest BCUT2D eigenvalue weighted by molar-refractivity contribution is 14.0. The highest BCUT2D eigenvalue weighted by Crippen LogP contribution is 2.10. The first-order valence-electron chi connectivity index (χ1n) is 9.05. The molecule has 0 spiro atoms. The molecular formula is C19H32IN3O2. The standard InChI is InChI=1S/C19H31N3O2.HI/c1-3-20-19(22-15-17-7-4-6-16(2)14-17)21-10-5-11-24-18-8-12-23-13-9-18;/h4,6-7,14,18H,3,5,8-13,15H2,1-2H3,(H2,20,21,22);1H. The van der Waals surface area contributed by atoms with Gasteiger partial charge in [-0.25, -0.2) is 4.99 Å². The largest absolute Gasteiger partial charge is 0.381 e. The van der Waals surface area contributed by atoms with Crippen LogP contribution in [0.15, 0.2) is 29.3 Å². The highest BCUT2D eigenvalue weighted by atomic mass is 127. The molecule has 1 saturated heterocycles. The molecule has 1 aromatic carbocycles. The van der Waals surface area contributed by atoms with Crippen molar-refractivity contribution in [2.45, 2.75) is 45.8 Å². The zero-order valence-electron chi connectivity index (χ0n) is 15.4. The summed E-state index contributed by atoms with van der Waals surface area (Å²) in [5.41, 5.74) is 2.50. The van der Waals surface area contributed by atoms with Gasteiger partial charge in [0.1, 0.15) is 0 Å². The smallest absolute Gasteiger partial charge is 0.191 e. The number of benzene rings is 1. The van der Waals surface area contributed by atoms with Crippen LogP contribution in [0.2, 0.25) is 0 Å². The van der Waals surface area contributed by atoms with Crippen molar-refractivity contribution in [3.05, 3.63) is 35.4 Å². The number of halogens is 1. The van der Waals surface area contributed by atoms with E-state index in [1.54, 1.807) is 0 Å². The van der Waals surface area contributed by atoms with Crippen molar-refractivity contribution in [1.29, 1.82) is 0 Å². The van der Waals surface area contributed by atoms with Crippen LogP contribution in [0.1, 0.15) is 37.3 Å². The number of hydrogen-bond acceptors (Lipinski definition) is 3. The van der Waals surface area contributed by atoms with Gasteiger partial charge in [-0.05, 0) is 38.7 Å². The Labute approximate surface area is 169 Å². The summed E-state index contributed by atoms with van der Waals surface area (Å²) in [6.07, 6.45) is 3.40. The minimum atomic E-state index is 0. The lowest BCUT2D eigenvalue weighted by molar-refractivity contribution is -0.0320. The summed E-state index contributed by atoms with van der Waals surface area (Å²) in [7, 11) is 0. The van der Waals surface area contributed by atoms with Gasteiger partial charge >= 0.3 is 0 Å². The molecule has 1 fully saturated rings. The van der Waals surface area contributed by atoms with Crippen molar-refractivity contribution in [2.24, 2.45) is 4.99 Å². The van der Waals surface area contributed by atoms with E-state index in [-0.39, 0.29) is 24.0 Å². The van der Waals surface area contributed by atoms with E-state index in [4.69, 9.17) is 9.47 Å².